The van der Waals surface area contributed by atoms with Crippen molar-refractivity contribution in [2.75, 3.05) is 0 Å². The van der Waals surface area contributed by atoms with E-state index in [0.717, 1.165) is 16.7 Å². The number of benzene rings is 1. The van der Waals surface area contributed by atoms with Crippen LogP contribution in [0.2, 0.25) is 0 Å². The first-order chi connectivity index (χ1) is 9.04. The largest absolute Gasteiger partial charge is 0.310 e. The summed E-state index contributed by atoms with van der Waals surface area (Å²) in [6.07, 6.45) is 0. The van der Waals surface area contributed by atoms with Crippen molar-refractivity contribution in [2.45, 2.75) is 49.5 Å². The molecular weight excluding hydrogens is 274 g/mol. The highest BCUT2D eigenvalue weighted by molar-refractivity contribution is 8.01. The van der Waals surface area contributed by atoms with Crippen LogP contribution in [0, 0.1) is 13.8 Å². The van der Waals surface area contributed by atoms with Gasteiger partial charge in [-0.15, -0.1) is 0 Å². The van der Waals surface area contributed by atoms with Gasteiger partial charge in [0.05, 0.1) is 0 Å². The van der Waals surface area contributed by atoms with Gasteiger partial charge < -0.3 is 5.32 Å². The third-order valence-electron chi connectivity index (χ3n) is 2.66. The van der Waals surface area contributed by atoms with Crippen molar-refractivity contribution in [3.8, 4) is 0 Å². The molecule has 2 rings (SSSR count). The standard InChI is InChI=1S/C14H19N3S2/c1-9(2)15-8-12-5-6-13(10(3)7-12)18-14-16-11(4)17-19-14/h5-7,9,15H,8H2,1-4H3. The van der Waals surface area contributed by atoms with E-state index in [1.165, 1.54) is 27.6 Å². The van der Waals surface area contributed by atoms with Crippen molar-refractivity contribution in [1.82, 2.24) is 14.7 Å². The summed E-state index contributed by atoms with van der Waals surface area (Å²) >= 11 is 3.15. The fourth-order valence-electron chi connectivity index (χ4n) is 1.67. The summed E-state index contributed by atoms with van der Waals surface area (Å²) in [5.74, 6) is 0.850. The molecule has 0 saturated heterocycles. The third kappa shape index (κ3) is 4.30. The second-order valence-corrected chi connectivity index (χ2v) is 6.89. The Kier molecular flexibility index (Phi) is 4.96. The Morgan fingerprint density at radius 1 is 1.32 bits per heavy atom. The number of rotatable bonds is 5. The molecule has 0 unspecified atom stereocenters. The fourth-order valence-corrected chi connectivity index (χ4v) is 3.35. The van der Waals surface area contributed by atoms with Crippen molar-refractivity contribution >= 4 is 23.3 Å². The van der Waals surface area contributed by atoms with Gasteiger partial charge in [0, 0.05) is 17.5 Å². The second-order valence-electron chi connectivity index (χ2n) is 4.85. The van der Waals surface area contributed by atoms with Crippen molar-refractivity contribution in [3.63, 3.8) is 0 Å². The normalized spacial score (nSPS) is 11.2. The number of aryl methyl sites for hydroxylation is 2. The Balaban J connectivity index is 2.06. The second kappa shape index (κ2) is 6.50. The lowest BCUT2D eigenvalue weighted by Gasteiger charge is -2.10. The summed E-state index contributed by atoms with van der Waals surface area (Å²) in [5, 5.41) is 3.43. The number of hydrogen-bond donors (Lipinski definition) is 1. The number of nitrogens with one attached hydrogen (secondary N) is 1. The van der Waals surface area contributed by atoms with Gasteiger partial charge in [-0.3, -0.25) is 0 Å². The van der Waals surface area contributed by atoms with Gasteiger partial charge >= 0.3 is 0 Å². The zero-order valence-electron chi connectivity index (χ0n) is 11.7. The van der Waals surface area contributed by atoms with Crippen LogP contribution in [-0.4, -0.2) is 15.4 Å². The summed E-state index contributed by atoms with van der Waals surface area (Å²) in [7, 11) is 0. The Morgan fingerprint density at radius 2 is 2.11 bits per heavy atom. The average molecular weight is 293 g/mol. The van der Waals surface area contributed by atoms with Gasteiger partial charge in [0.25, 0.3) is 0 Å². The van der Waals surface area contributed by atoms with Gasteiger partial charge in [-0.2, -0.15) is 4.37 Å². The minimum absolute atomic E-state index is 0.513. The lowest BCUT2D eigenvalue weighted by molar-refractivity contribution is 0.588. The topological polar surface area (TPSA) is 37.8 Å². The third-order valence-corrected chi connectivity index (χ3v) is 4.68. The predicted molar refractivity (Wildman–Crippen MR) is 81.9 cm³/mol. The van der Waals surface area contributed by atoms with Gasteiger partial charge in [0.2, 0.25) is 0 Å². The van der Waals surface area contributed by atoms with Crippen LogP contribution < -0.4 is 5.32 Å². The van der Waals surface area contributed by atoms with Crippen LogP contribution >= 0.6 is 23.3 Å². The van der Waals surface area contributed by atoms with Crippen LogP contribution in [0.1, 0.15) is 30.8 Å². The van der Waals surface area contributed by atoms with E-state index in [1.54, 1.807) is 11.8 Å². The quantitative estimate of drug-likeness (QED) is 0.910. The van der Waals surface area contributed by atoms with E-state index in [4.69, 9.17) is 0 Å². The molecule has 0 bridgehead atoms. The zero-order valence-corrected chi connectivity index (χ0v) is 13.4. The highest BCUT2D eigenvalue weighted by Gasteiger charge is 2.06. The minimum Gasteiger partial charge on any atom is -0.310 e. The molecule has 0 aliphatic rings. The van der Waals surface area contributed by atoms with Gasteiger partial charge in [0.1, 0.15) is 5.82 Å². The first kappa shape index (κ1) is 14.5. The van der Waals surface area contributed by atoms with Crippen LogP contribution in [0.3, 0.4) is 0 Å². The molecule has 1 aromatic carbocycles. The molecule has 0 atom stereocenters. The predicted octanol–water partition coefficient (Wildman–Crippen LogP) is 3.80. The summed E-state index contributed by atoms with van der Waals surface area (Å²) in [4.78, 5) is 5.64. The highest BCUT2D eigenvalue weighted by atomic mass is 32.2. The van der Waals surface area contributed by atoms with Crippen LogP contribution in [0.5, 0.6) is 0 Å². The van der Waals surface area contributed by atoms with E-state index < -0.39 is 0 Å². The lowest BCUT2D eigenvalue weighted by atomic mass is 10.1. The molecule has 0 aliphatic heterocycles. The van der Waals surface area contributed by atoms with Crippen LogP contribution in [0.15, 0.2) is 27.4 Å². The molecule has 2 aromatic rings. The smallest absolute Gasteiger partial charge is 0.174 e. The number of nitrogens with zero attached hydrogens (tertiary/aromatic N) is 2. The van der Waals surface area contributed by atoms with Crippen molar-refractivity contribution in [2.24, 2.45) is 0 Å². The van der Waals surface area contributed by atoms with E-state index in [1.807, 2.05) is 6.92 Å². The van der Waals surface area contributed by atoms with Gasteiger partial charge in [-0.25, -0.2) is 4.98 Å². The zero-order chi connectivity index (χ0) is 13.8. The van der Waals surface area contributed by atoms with E-state index in [-0.39, 0.29) is 0 Å². The van der Waals surface area contributed by atoms with Crippen molar-refractivity contribution in [1.29, 1.82) is 0 Å². The summed E-state index contributed by atoms with van der Waals surface area (Å²) in [6, 6.07) is 7.11. The molecular formula is C14H19N3S2. The van der Waals surface area contributed by atoms with Crippen LogP contribution in [-0.2, 0) is 6.54 Å². The molecule has 0 amide bonds. The molecule has 1 N–H and O–H groups in total. The van der Waals surface area contributed by atoms with E-state index in [0.29, 0.717) is 6.04 Å². The molecule has 0 aliphatic carbocycles. The van der Waals surface area contributed by atoms with Gasteiger partial charge in [0.15, 0.2) is 4.34 Å². The SMILES string of the molecule is Cc1nsc(Sc2ccc(CNC(C)C)cc2C)n1. The molecule has 3 nitrogen and oxygen atoms in total. The fraction of sp³-hybridized carbons (Fsp3) is 0.429. The molecule has 1 heterocycles. The summed E-state index contributed by atoms with van der Waals surface area (Å²) < 4.78 is 5.22. The van der Waals surface area contributed by atoms with Gasteiger partial charge in [-0.05, 0) is 42.6 Å². The van der Waals surface area contributed by atoms with E-state index in [2.05, 4.69) is 53.6 Å². The maximum Gasteiger partial charge on any atom is 0.174 e. The summed E-state index contributed by atoms with van der Waals surface area (Å²) in [5.41, 5.74) is 2.62. The lowest BCUT2D eigenvalue weighted by Crippen LogP contribution is -2.21. The molecule has 0 fully saturated rings. The molecule has 1 aromatic heterocycles. The first-order valence-electron chi connectivity index (χ1n) is 6.35. The Labute approximate surface area is 123 Å². The average Bonchev–Trinajstić information content (AvgIpc) is 2.75. The van der Waals surface area contributed by atoms with Gasteiger partial charge in [-0.1, -0.05) is 37.7 Å². The first-order valence-corrected chi connectivity index (χ1v) is 7.94. The Bertz CT molecular complexity index is 549. The molecule has 0 saturated carbocycles. The molecule has 0 radical (unpaired) electrons. The molecule has 102 valence electrons. The Morgan fingerprint density at radius 3 is 2.68 bits per heavy atom. The monoisotopic (exact) mass is 293 g/mol. The molecule has 5 heteroatoms. The highest BCUT2D eigenvalue weighted by Crippen LogP contribution is 2.31. The van der Waals surface area contributed by atoms with Crippen LogP contribution in [0.25, 0.3) is 0 Å². The van der Waals surface area contributed by atoms with E-state index >= 15 is 0 Å². The summed E-state index contributed by atoms with van der Waals surface area (Å²) in [6.45, 7) is 9.31. The number of aromatic nitrogens is 2. The maximum absolute atomic E-state index is 4.39. The maximum atomic E-state index is 4.39. The van der Waals surface area contributed by atoms with Crippen molar-refractivity contribution in [3.05, 3.63) is 35.2 Å². The van der Waals surface area contributed by atoms with E-state index in [9.17, 15) is 0 Å². The molecule has 19 heavy (non-hydrogen) atoms. The molecule has 0 spiro atoms. The minimum atomic E-state index is 0.513. The number of hydrogen-bond acceptors (Lipinski definition) is 5. The van der Waals surface area contributed by atoms with Crippen LogP contribution in [0.4, 0.5) is 0 Å². The Hall–Kier alpha value is -0.910. The van der Waals surface area contributed by atoms with Crippen molar-refractivity contribution < 1.29 is 0 Å².